The molecule has 7 nitrogen and oxygen atoms in total. The Morgan fingerprint density at radius 3 is 1.82 bits per heavy atom. The molecule has 3 N–H and O–H groups in total. The Balaban J connectivity index is 1.52. The van der Waals surface area contributed by atoms with E-state index >= 15 is 0 Å². The summed E-state index contributed by atoms with van der Waals surface area (Å²) in [5, 5.41) is 8.07. The summed E-state index contributed by atoms with van der Waals surface area (Å²) in [6.45, 7) is 3.26. The van der Waals surface area contributed by atoms with Crippen LogP contribution >= 0.6 is 11.8 Å². The van der Waals surface area contributed by atoms with E-state index in [1.54, 1.807) is 67.8 Å². The first-order valence-electron chi connectivity index (χ1n) is 10.2. The van der Waals surface area contributed by atoms with Crippen molar-refractivity contribution < 1.29 is 19.1 Å². The molecule has 0 heterocycles. The third-order valence-electron chi connectivity index (χ3n) is 4.62. The molecule has 0 radical (unpaired) electrons. The number of nitrogens with one attached hydrogen (secondary N) is 3. The number of hydrogen-bond donors (Lipinski definition) is 3. The van der Waals surface area contributed by atoms with E-state index in [0.717, 1.165) is 4.90 Å². The zero-order valence-corrected chi connectivity index (χ0v) is 19.4. The van der Waals surface area contributed by atoms with Crippen LogP contribution in [0.15, 0.2) is 77.7 Å². The zero-order valence-electron chi connectivity index (χ0n) is 18.5. The highest BCUT2D eigenvalue weighted by molar-refractivity contribution is 8.00. The molecule has 0 bridgehead atoms. The molecule has 1 unspecified atom stereocenters. The van der Waals surface area contributed by atoms with Gasteiger partial charge in [0.05, 0.1) is 12.4 Å². The van der Waals surface area contributed by atoms with Crippen molar-refractivity contribution >= 4 is 46.5 Å². The molecule has 0 saturated carbocycles. The molecule has 0 aliphatic carbocycles. The van der Waals surface area contributed by atoms with E-state index in [9.17, 15) is 14.4 Å². The van der Waals surface area contributed by atoms with Crippen LogP contribution in [0.4, 0.5) is 17.1 Å². The van der Waals surface area contributed by atoms with Crippen molar-refractivity contribution in [3.63, 3.8) is 0 Å². The molecule has 3 aromatic rings. The molecule has 3 amide bonds. The summed E-state index contributed by atoms with van der Waals surface area (Å²) in [5.74, 6) is 0.190. The largest absolute Gasteiger partial charge is 0.497 e. The Morgan fingerprint density at radius 1 is 0.758 bits per heavy atom. The lowest BCUT2D eigenvalue weighted by atomic mass is 10.2. The van der Waals surface area contributed by atoms with Crippen LogP contribution in [0.1, 0.15) is 24.2 Å². The minimum absolute atomic E-state index is 0.135. The molecule has 33 heavy (non-hydrogen) atoms. The summed E-state index contributed by atoms with van der Waals surface area (Å²) < 4.78 is 5.10. The van der Waals surface area contributed by atoms with Crippen molar-refractivity contribution in [3.05, 3.63) is 78.4 Å². The third-order valence-corrected chi connectivity index (χ3v) is 5.73. The van der Waals surface area contributed by atoms with Gasteiger partial charge in [-0.2, -0.15) is 0 Å². The number of methoxy groups -OCH3 is 1. The second-order valence-corrected chi connectivity index (χ2v) is 8.63. The summed E-state index contributed by atoms with van der Waals surface area (Å²) in [5.41, 5.74) is 2.52. The van der Waals surface area contributed by atoms with E-state index in [1.807, 2.05) is 19.1 Å². The number of carbonyl (C=O) groups excluding carboxylic acids is 3. The number of benzene rings is 3. The van der Waals surface area contributed by atoms with Crippen molar-refractivity contribution in [3.8, 4) is 5.75 Å². The number of rotatable bonds is 8. The maximum Gasteiger partial charge on any atom is 0.255 e. The van der Waals surface area contributed by atoms with Crippen LogP contribution < -0.4 is 20.7 Å². The monoisotopic (exact) mass is 463 g/mol. The van der Waals surface area contributed by atoms with Crippen molar-refractivity contribution in [2.75, 3.05) is 23.1 Å². The van der Waals surface area contributed by atoms with Crippen LogP contribution in [0, 0.1) is 0 Å². The molecule has 0 aromatic heterocycles. The molecule has 1 atom stereocenters. The van der Waals surface area contributed by atoms with Crippen LogP contribution in [0.2, 0.25) is 0 Å². The van der Waals surface area contributed by atoms with Crippen molar-refractivity contribution in [1.29, 1.82) is 0 Å². The Kier molecular flexibility index (Phi) is 8.10. The van der Waals surface area contributed by atoms with Gasteiger partial charge < -0.3 is 20.7 Å². The summed E-state index contributed by atoms with van der Waals surface area (Å²) >= 11 is 1.41. The third kappa shape index (κ3) is 7.11. The molecule has 3 rings (SSSR count). The van der Waals surface area contributed by atoms with E-state index in [1.165, 1.54) is 18.7 Å². The molecular weight excluding hydrogens is 438 g/mol. The summed E-state index contributed by atoms with van der Waals surface area (Å²) in [4.78, 5) is 36.9. The van der Waals surface area contributed by atoms with Crippen molar-refractivity contribution in [2.45, 2.75) is 24.0 Å². The topological polar surface area (TPSA) is 96.5 Å². The van der Waals surface area contributed by atoms with Gasteiger partial charge in [0.1, 0.15) is 5.75 Å². The van der Waals surface area contributed by atoms with Crippen molar-refractivity contribution in [2.24, 2.45) is 0 Å². The first-order valence-corrected chi connectivity index (χ1v) is 11.1. The Labute approximate surface area is 196 Å². The van der Waals surface area contributed by atoms with E-state index < -0.39 is 0 Å². The predicted octanol–water partition coefficient (Wildman–Crippen LogP) is 5.03. The average molecular weight is 464 g/mol. The second-order valence-electron chi connectivity index (χ2n) is 7.21. The Hall–Kier alpha value is -3.78. The van der Waals surface area contributed by atoms with Gasteiger partial charge in [-0.3, -0.25) is 14.4 Å². The molecule has 0 aliphatic rings. The molecular formula is C25H25N3O4S. The predicted molar refractivity (Wildman–Crippen MR) is 132 cm³/mol. The smallest absolute Gasteiger partial charge is 0.255 e. The molecule has 0 aliphatic heterocycles. The van der Waals surface area contributed by atoms with Crippen LogP contribution in [0.3, 0.4) is 0 Å². The maximum atomic E-state index is 12.5. The van der Waals surface area contributed by atoms with Gasteiger partial charge in [0.25, 0.3) is 5.91 Å². The van der Waals surface area contributed by atoms with Crippen LogP contribution in [0.25, 0.3) is 0 Å². The maximum absolute atomic E-state index is 12.5. The van der Waals surface area contributed by atoms with Crippen LogP contribution in [-0.4, -0.2) is 30.1 Å². The Morgan fingerprint density at radius 2 is 1.27 bits per heavy atom. The Bertz CT molecular complexity index is 1110. The molecule has 0 fully saturated rings. The van der Waals surface area contributed by atoms with Gasteiger partial charge in [-0.15, -0.1) is 11.8 Å². The minimum Gasteiger partial charge on any atom is -0.497 e. The van der Waals surface area contributed by atoms with Gasteiger partial charge in [-0.25, -0.2) is 0 Å². The number of carbonyl (C=O) groups is 3. The molecule has 0 spiro atoms. The van der Waals surface area contributed by atoms with Gasteiger partial charge in [0.15, 0.2) is 0 Å². The van der Waals surface area contributed by atoms with E-state index in [0.29, 0.717) is 28.4 Å². The molecule has 3 aromatic carbocycles. The summed E-state index contributed by atoms with van der Waals surface area (Å²) in [6.07, 6.45) is 0. The highest BCUT2D eigenvalue weighted by Gasteiger charge is 2.15. The number of anilines is 3. The molecule has 170 valence electrons. The number of ether oxygens (including phenoxy) is 1. The van der Waals surface area contributed by atoms with Gasteiger partial charge in [0.2, 0.25) is 11.8 Å². The number of hydrogen-bond acceptors (Lipinski definition) is 5. The van der Waals surface area contributed by atoms with E-state index in [4.69, 9.17) is 4.74 Å². The lowest BCUT2D eigenvalue weighted by molar-refractivity contribution is -0.115. The van der Waals surface area contributed by atoms with Crippen LogP contribution in [0.5, 0.6) is 5.75 Å². The minimum atomic E-state index is -0.334. The van der Waals surface area contributed by atoms with Crippen molar-refractivity contribution in [1.82, 2.24) is 0 Å². The fraction of sp³-hybridized carbons (Fsp3) is 0.160. The van der Waals surface area contributed by atoms with Gasteiger partial charge in [-0.05, 0) is 79.7 Å². The lowest BCUT2D eigenvalue weighted by Crippen LogP contribution is -2.22. The highest BCUT2D eigenvalue weighted by atomic mass is 32.2. The van der Waals surface area contributed by atoms with Gasteiger partial charge >= 0.3 is 0 Å². The fourth-order valence-corrected chi connectivity index (χ4v) is 3.77. The molecule has 0 saturated heterocycles. The first kappa shape index (κ1) is 23.9. The van der Waals surface area contributed by atoms with E-state index in [-0.39, 0.29) is 23.0 Å². The molecule has 8 heteroatoms. The SMILES string of the molecule is COc1ccc(C(=O)Nc2ccc(SC(C)C(=O)Nc3ccc(NC(C)=O)cc3)cc2)cc1. The zero-order chi connectivity index (χ0) is 23.8. The summed E-state index contributed by atoms with van der Waals surface area (Å²) in [6, 6.07) is 21.1. The number of amides is 3. The normalized spacial score (nSPS) is 11.2. The lowest BCUT2D eigenvalue weighted by Gasteiger charge is -2.13. The average Bonchev–Trinajstić information content (AvgIpc) is 2.81. The van der Waals surface area contributed by atoms with Gasteiger partial charge in [-0.1, -0.05) is 0 Å². The van der Waals surface area contributed by atoms with E-state index in [2.05, 4.69) is 16.0 Å². The standard InChI is InChI=1S/C25H25N3O4S/c1-16(24(30)27-20-8-6-19(7-9-20)26-17(2)29)33-23-14-10-21(11-15-23)28-25(31)18-4-12-22(32-3)13-5-18/h4-16H,1-3H3,(H,26,29)(H,27,30)(H,28,31). The summed E-state index contributed by atoms with van der Waals surface area (Å²) in [7, 11) is 1.58. The number of thioether (sulfide) groups is 1. The first-order chi connectivity index (χ1) is 15.8. The van der Waals surface area contributed by atoms with Gasteiger partial charge in [0, 0.05) is 34.4 Å². The fourth-order valence-electron chi connectivity index (χ4n) is 2.90. The second kappa shape index (κ2) is 11.2. The highest BCUT2D eigenvalue weighted by Crippen LogP contribution is 2.26. The quantitative estimate of drug-likeness (QED) is 0.408. The van der Waals surface area contributed by atoms with Crippen LogP contribution in [-0.2, 0) is 9.59 Å².